The average Bonchev–Trinajstić information content (AvgIpc) is 3.09. The fourth-order valence-electron chi connectivity index (χ4n) is 2.12. The van der Waals surface area contributed by atoms with Gasteiger partial charge in [-0.1, -0.05) is 41.0 Å². The number of aromatic nitrogens is 2. The van der Waals surface area contributed by atoms with Gasteiger partial charge in [-0.05, 0) is 37.1 Å². The highest BCUT2D eigenvalue weighted by Gasteiger charge is 2.22. The van der Waals surface area contributed by atoms with Crippen molar-refractivity contribution in [2.75, 3.05) is 6.54 Å². The lowest BCUT2D eigenvalue weighted by Gasteiger charge is -2.04. The molecule has 0 radical (unpaired) electrons. The van der Waals surface area contributed by atoms with Gasteiger partial charge in [-0.3, -0.25) is 0 Å². The third kappa shape index (κ3) is 3.11. The lowest BCUT2D eigenvalue weighted by molar-refractivity contribution is 0.374. The van der Waals surface area contributed by atoms with Gasteiger partial charge in [0.1, 0.15) is 0 Å². The molecule has 1 aromatic heterocycles. The highest BCUT2D eigenvalue weighted by Crippen LogP contribution is 2.32. The molecule has 2 heterocycles. The molecule has 2 aromatic rings. The molecule has 1 aromatic carbocycles. The van der Waals surface area contributed by atoms with E-state index in [1.807, 2.05) is 18.2 Å². The van der Waals surface area contributed by atoms with E-state index in [-0.39, 0.29) is 6.04 Å². The molecule has 0 spiro atoms. The monoisotopic (exact) mass is 329 g/mol. The molecule has 1 N–H and O–H groups in total. The fourth-order valence-corrected chi connectivity index (χ4v) is 3.63. The maximum atomic E-state index is 6.13. The first kappa shape index (κ1) is 14.2. The van der Waals surface area contributed by atoms with Crippen LogP contribution in [-0.4, -0.2) is 16.7 Å². The SMILES string of the molecule is Clc1cccc(Cl)c1CSc1nnc([C@H]2CCCN2)o1. The Balaban J connectivity index is 1.66. The fraction of sp³-hybridized carbons (Fsp3) is 0.385. The first-order valence-electron chi connectivity index (χ1n) is 6.36. The molecule has 0 unspecified atom stereocenters. The molecule has 4 nitrogen and oxygen atoms in total. The molecule has 1 aliphatic rings. The van der Waals surface area contributed by atoms with Gasteiger partial charge < -0.3 is 9.73 Å². The molecule has 106 valence electrons. The van der Waals surface area contributed by atoms with Gasteiger partial charge in [0.2, 0.25) is 5.89 Å². The zero-order chi connectivity index (χ0) is 13.9. The van der Waals surface area contributed by atoms with E-state index in [1.165, 1.54) is 11.8 Å². The van der Waals surface area contributed by atoms with E-state index >= 15 is 0 Å². The quantitative estimate of drug-likeness (QED) is 0.856. The minimum absolute atomic E-state index is 0.195. The first-order chi connectivity index (χ1) is 9.74. The van der Waals surface area contributed by atoms with Crippen LogP contribution in [0.5, 0.6) is 0 Å². The smallest absolute Gasteiger partial charge is 0.276 e. The summed E-state index contributed by atoms with van der Waals surface area (Å²) in [6, 6.07) is 5.67. The minimum atomic E-state index is 0.195. The van der Waals surface area contributed by atoms with Crippen molar-refractivity contribution in [3.05, 3.63) is 39.7 Å². The van der Waals surface area contributed by atoms with Gasteiger partial charge in [0.15, 0.2) is 0 Å². The van der Waals surface area contributed by atoms with Crippen LogP contribution in [0.15, 0.2) is 27.8 Å². The van der Waals surface area contributed by atoms with Crippen LogP contribution in [0.25, 0.3) is 0 Å². The van der Waals surface area contributed by atoms with Crippen molar-refractivity contribution in [1.29, 1.82) is 0 Å². The molecule has 20 heavy (non-hydrogen) atoms. The highest BCUT2D eigenvalue weighted by molar-refractivity contribution is 7.98. The lowest BCUT2D eigenvalue weighted by Crippen LogP contribution is -2.12. The topological polar surface area (TPSA) is 51.0 Å². The van der Waals surface area contributed by atoms with Crippen molar-refractivity contribution < 1.29 is 4.42 Å². The molecule has 3 rings (SSSR count). The Hall–Kier alpha value is -0.750. The van der Waals surface area contributed by atoms with E-state index in [4.69, 9.17) is 27.6 Å². The minimum Gasteiger partial charge on any atom is -0.414 e. The molecule has 0 bridgehead atoms. The summed E-state index contributed by atoms with van der Waals surface area (Å²) in [6.07, 6.45) is 2.19. The van der Waals surface area contributed by atoms with E-state index in [2.05, 4.69) is 15.5 Å². The number of nitrogens with one attached hydrogen (secondary N) is 1. The maximum Gasteiger partial charge on any atom is 0.276 e. The van der Waals surface area contributed by atoms with E-state index in [1.54, 1.807) is 0 Å². The number of hydrogen-bond acceptors (Lipinski definition) is 5. The average molecular weight is 330 g/mol. The van der Waals surface area contributed by atoms with Crippen LogP contribution in [0, 0.1) is 0 Å². The van der Waals surface area contributed by atoms with Gasteiger partial charge in [0.05, 0.1) is 6.04 Å². The van der Waals surface area contributed by atoms with Gasteiger partial charge >= 0.3 is 0 Å². The molecular weight excluding hydrogens is 317 g/mol. The van der Waals surface area contributed by atoms with Gasteiger partial charge in [-0.15, -0.1) is 10.2 Å². The number of thioether (sulfide) groups is 1. The van der Waals surface area contributed by atoms with Crippen LogP contribution >= 0.6 is 35.0 Å². The summed E-state index contributed by atoms with van der Waals surface area (Å²) in [5, 5.41) is 13.3. The second-order valence-corrected chi connectivity index (χ2v) is 6.29. The molecule has 0 saturated carbocycles. The van der Waals surface area contributed by atoms with Crippen molar-refractivity contribution >= 4 is 35.0 Å². The summed E-state index contributed by atoms with van der Waals surface area (Å²) in [6.45, 7) is 1.00. The van der Waals surface area contributed by atoms with Crippen molar-refractivity contribution in [3.8, 4) is 0 Å². The van der Waals surface area contributed by atoms with Crippen LogP contribution < -0.4 is 5.32 Å². The van der Waals surface area contributed by atoms with Gasteiger partial charge in [0, 0.05) is 15.8 Å². The Morgan fingerprint density at radius 1 is 1.30 bits per heavy atom. The molecule has 7 heteroatoms. The van der Waals surface area contributed by atoms with Crippen LogP contribution in [0.4, 0.5) is 0 Å². The number of hydrogen-bond donors (Lipinski definition) is 1. The first-order valence-corrected chi connectivity index (χ1v) is 8.10. The van der Waals surface area contributed by atoms with E-state index < -0.39 is 0 Å². The molecule has 1 atom stereocenters. The third-order valence-electron chi connectivity index (χ3n) is 3.18. The summed E-state index contributed by atoms with van der Waals surface area (Å²) in [5.74, 6) is 1.27. The number of nitrogens with zero attached hydrogens (tertiary/aromatic N) is 2. The Labute approximate surface area is 131 Å². The van der Waals surface area contributed by atoms with Crippen molar-refractivity contribution in [2.24, 2.45) is 0 Å². The number of halogens is 2. The van der Waals surface area contributed by atoms with Gasteiger partial charge in [-0.25, -0.2) is 0 Å². The molecular formula is C13H13Cl2N3OS. The van der Waals surface area contributed by atoms with Crippen molar-refractivity contribution in [2.45, 2.75) is 29.9 Å². The van der Waals surface area contributed by atoms with Gasteiger partial charge in [0.25, 0.3) is 5.22 Å². The number of benzene rings is 1. The summed E-state index contributed by atoms with van der Waals surface area (Å²) >= 11 is 13.7. The molecule has 1 saturated heterocycles. The Morgan fingerprint density at radius 3 is 2.80 bits per heavy atom. The second kappa shape index (κ2) is 6.35. The summed E-state index contributed by atoms with van der Waals surface area (Å²) in [5.41, 5.74) is 0.888. The van der Waals surface area contributed by atoms with Crippen molar-refractivity contribution in [3.63, 3.8) is 0 Å². The lowest BCUT2D eigenvalue weighted by atomic mass is 10.2. The zero-order valence-electron chi connectivity index (χ0n) is 10.6. The number of rotatable bonds is 4. The van der Waals surface area contributed by atoms with Crippen LogP contribution in [0.1, 0.15) is 30.3 Å². The summed E-state index contributed by atoms with van der Waals surface area (Å²) < 4.78 is 5.66. The standard InChI is InChI=1S/C13H13Cl2N3OS/c14-9-3-1-4-10(15)8(9)7-20-13-18-17-12(19-13)11-5-2-6-16-11/h1,3-4,11,16H,2,5-7H2/t11-/m1/s1. The Morgan fingerprint density at radius 2 is 2.10 bits per heavy atom. The van der Waals surface area contributed by atoms with Crippen LogP contribution in [-0.2, 0) is 5.75 Å². The largest absolute Gasteiger partial charge is 0.414 e. The maximum absolute atomic E-state index is 6.13. The predicted octanol–water partition coefficient (Wildman–Crippen LogP) is 4.09. The summed E-state index contributed by atoms with van der Waals surface area (Å²) in [4.78, 5) is 0. The molecule has 1 aliphatic heterocycles. The van der Waals surface area contributed by atoms with E-state index in [9.17, 15) is 0 Å². The third-order valence-corrected chi connectivity index (χ3v) is 4.74. The second-order valence-electron chi connectivity index (χ2n) is 4.54. The van der Waals surface area contributed by atoms with Crippen molar-refractivity contribution in [1.82, 2.24) is 15.5 Å². The normalized spacial score (nSPS) is 18.6. The van der Waals surface area contributed by atoms with E-state index in [0.717, 1.165) is 24.9 Å². The predicted molar refractivity (Wildman–Crippen MR) is 80.3 cm³/mol. The zero-order valence-corrected chi connectivity index (χ0v) is 12.9. The summed E-state index contributed by atoms with van der Waals surface area (Å²) in [7, 11) is 0. The molecule has 0 aliphatic carbocycles. The molecule has 0 amide bonds. The highest BCUT2D eigenvalue weighted by atomic mass is 35.5. The Kier molecular flexibility index (Phi) is 4.51. The van der Waals surface area contributed by atoms with E-state index in [0.29, 0.717) is 26.9 Å². The Bertz CT molecular complexity index is 579. The molecule has 1 fully saturated rings. The van der Waals surface area contributed by atoms with Crippen LogP contribution in [0.3, 0.4) is 0 Å². The van der Waals surface area contributed by atoms with Gasteiger partial charge in [-0.2, -0.15) is 0 Å². The van der Waals surface area contributed by atoms with Crippen LogP contribution in [0.2, 0.25) is 10.0 Å².